The number of H-pyrrole nitrogens is 1. The molecule has 1 heterocycles. The fourth-order valence-corrected chi connectivity index (χ4v) is 2.00. The van der Waals surface area contributed by atoms with Crippen LogP contribution in [0, 0.1) is 0 Å². The normalized spacial score (nSPS) is 12.7. The van der Waals surface area contributed by atoms with Crippen LogP contribution >= 0.6 is 0 Å². The predicted molar refractivity (Wildman–Crippen MR) is 75.8 cm³/mol. The molecule has 3 N–H and O–H groups in total. The van der Waals surface area contributed by atoms with Crippen LogP contribution in [0.2, 0.25) is 0 Å². The summed E-state index contributed by atoms with van der Waals surface area (Å²) in [5.74, 6) is -0.621. The second-order valence-electron chi connectivity index (χ2n) is 4.75. The van der Waals surface area contributed by atoms with Crippen molar-refractivity contribution in [1.82, 2.24) is 10.3 Å². The van der Waals surface area contributed by atoms with Gasteiger partial charge in [-0.25, -0.2) is 0 Å². The summed E-state index contributed by atoms with van der Waals surface area (Å²) in [6.45, 7) is -0.398. The molecule has 1 aromatic carbocycles. The Labute approximate surface area is 128 Å². The Bertz CT molecular complexity index is 736. The Morgan fingerprint density at radius 2 is 1.91 bits per heavy atom. The van der Waals surface area contributed by atoms with Gasteiger partial charge in [-0.05, 0) is 17.7 Å². The van der Waals surface area contributed by atoms with Gasteiger partial charge in [0.15, 0.2) is 0 Å². The Hall–Kier alpha value is -2.61. The third kappa shape index (κ3) is 4.19. The molecule has 0 fully saturated rings. The lowest BCUT2D eigenvalue weighted by Crippen LogP contribution is -2.29. The molecule has 0 unspecified atom stereocenters. The highest BCUT2D eigenvalue weighted by Crippen LogP contribution is 2.34. The van der Waals surface area contributed by atoms with E-state index in [9.17, 15) is 27.9 Å². The first kappa shape index (κ1) is 16.8. The van der Waals surface area contributed by atoms with Gasteiger partial charge in [-0.2, -0.15) is 13.2 Å². The van der Waals surface area contributed by atoms with Gasteiger partial charge in [0.2, 0.25) is 5.56 Å². The van der Waals surface area contributed by atoms with E-state index in [4.69, 9.17) is 0 Å². The van der Waals surface area contributed by atoms with Crippen molar-refractivity contribution < 1.29 is 23.1 Å². The number of nitrogens with one attached hydrogen (secondary N) is 2. The van der Waals surface area contributed by atoms with Crippen LogP contribution < -0.4 is 10.9 Å². The molecule has 2 aromatic rings. The first-order valence-corrected chi connectivity index (χ1v) is 6.60. The lowest BCUT2D eigenvalue weighted by atomic mass is 10.0. The van der Waals surface area contributed by atoms with Gasteiger partial charge >= 0.3 is 6.18 Å². The van der Waals surface area contributed by atoms with Crippen molar-refractivity contribution in [3.63, 3.8) is 0 Å². The summed E-state index contributed by atoms with van der Waals surface area (Å²) in [5.41, 5.74) is -1.53. The number of alkyl halides is 3. The van der Waals surface area contributed by atoms with E-state index in [-0.39, 0.29) is 16.7 Å². The van der Waals surface area contributed by atoms with Crippen molar-refractivity contribution >= 4 is 5.91 Å². The van der Waals surface area contributed by atoms with Crippen molar-refractivity contribution in [2.24, 2.45) is 0 Å². The molecule has 0 saturated carbocycles. The summed E-state index contributed by atoms with van der Waals surface area (Å²) in [4.78, 5) is 25.0. The zero-order valence-corrected chi connectivity index (χ0v) is 11.7. The third-order valence-electron chi connectivity index (χ3n) is 3.13. The average molecular weight is 326 g/mol. The summed E-state index contributed by atoms with van der Waals surface area (Å²) >= 11 is 0. The zero-order chi connectivity index (χ0) is 17.0. The number of benzene rings is 1. The Balaban J connectivity index is 2.08. The predicted octanol–water partition coefficient (Wildman–Crippen LogP) is 1.86. The number of pyridine rings is 1. The number of rotatable bonds is 4. The van der Waals surface area contributed by atoms with Crippen LogP contribution in [-0.2, 0) is 6.18 Å². The number of halogens is 3. The Morgan fingerprint density at radius 1 is 1.22 bits per heavy atom. The Morgan fingerprint density at radius 3 is 2.52 bits per heavy atom. The highest BCUT2D eigenvalue weighted by atomic mass is 19.4. The number of carbonyl (C=O) groups is 1. The fraction of sp³-hybridized carbons (Fsp3) is 0.200. The summed E-state index contributed by atoms with van der Waals surface area (Å²) in [5, 5.41) is 12.2. The lowest BCUT2D eigenvalue weighted by molar-refractivity contribution is -0.139. The molecule has 0 aliphatic carbocycles. The molecule has 0 aliphatic rings. The molecular formula is C15H13F3N2O3. The molecule has 0 bridgehead atoms. The van der Waals surface area contributed by atoms with E-state index in [1.807, 2.05) is 0 Å². The van der Waals surface area contributed by atoms with Gasteiger partial charge in [0.1, 0.15) is 0 Å². The average Bonchev–Trinajstić information content (AvgIpc) is 2.52. The molecule has 0 radical (unpaired) electrons. The van der Waals surface area contributed by atoms with E-state index < -0.39 is 30.3 Å². The monoisotopic (exact) mass is 326 g/mol. The third-order valence-corrected chi connectivity index (χ3v) is 3.13. The SMILES string of the molecule is O=C(NC[C@@H](O)c1ccccc1C(F)(F)F)c1ccc(=O)[nH]c1. The molecule has 1 aromatic heterocycles. The van der Waals surface area contributed by atoms with Gasteiger partial charge in [0.05, 0.1) is 17.2 Å². The van der Waals surface area contributed by atoms with Crippen molar-refractivity contribution in [2.45, 2.75) is 12.3 Å². The van der Waals surface area contributed by atoms with Crippen LogP contribution in [-0.4, -0.2) is 22.5 Å². The summed E-state index contributed by atoms with van der Waals surface area (Å²) in [7, 11) is 0. The van der Waals surface area contributed by atoms with E-state index in [0.29, 0.717) is 0 Å². The number of carbonyl (C=O) groups excluding carboxylic acids is 1. The number of aliphatic hydroxyl groups excluding tert-OH is 1. The van der Waals surface area contributed by atoms with Crippen molar-refractivity contribution in [2.75, 3.05) is 6.54 Å². The van der Waals surface area contributed by atoms with E-state index >= 15 is 0 Å². The molecule has 1 amide bonds. The maximum absolute atomic E-state index is 12.9. The maximum atomic E-state index is 12.9. The van der Waals surface area contributed by atoms with Crippen molar-refractivity contribution in [1.29, 1.82) is 0 Å². The summed E-state index contributed by atoms with van der Waals surface area (Å²) in [6.07, 6.45) is -4.94. The number of amides is 1. The molecule has 5 nitrogen and oxygen atoms in total. The molecule has 8 heteroatoms. The minimum Gasteiger partial charge on any atom is -0.387 e. The molecule has 2 rings (SSSR count). The standard InChI is InChI=1S/C15H13F3N2O3/c16-15(17,18)11-4-2-1-3-10(11)12(21)8-20-14(23)9-5-6-13(22)19-7-9/h1-7,12,21H,8H2,(H,19,22)(H,20,23)/t12-/m1/s1. The fourth-order valence-electron chi connectivity index (χ4n) is 2.00. The van der Waals surface area contributed by atoms with Crippen LogP contribution in [0.3, 0.4) is 0 Å². The number of hydrogen-bond acceptors (Lipinski definition) is 3. The molecule has 23 heavy (non-hydrogen) atoms. The number of hydrogen-bond donors (Lipinski definition) is 3. The van der Waals surface area contributed by atoms with Crippen LogP contribution in [0.25, 0.3) is 0 Å². The molecule has 0 spiro atoms. The quantitative estimate of drug-likeness (QED) is 0.802. The van der Waals surface area contributed by atoms with Gasteiger partial charge in [-0.15, -0.1) is 0 Å². The van der Waals surface area contributed by atoms with Gasteiger partial charge in [0.25, 0.3) is 5.91 Å². The first-order chi connectivity index (χ1) is 10.8. The van der Waals surface area contributed by atoms with Crippen LogP contribution in [0.1, 0.15) is 27.6 Å². The maximum Gasteiger partial charge on any atom is 0.416 e. The lowest BCUT2D eigenvalue weighted by Gasteiger charge is -2.17. The van der Waals surface area contributed by atoms with Crippen molar-refractivity contribution in [3.05, 3.63) is 69.6 Å². The van der Waals surface area contributed by atoms with E-state index in [0.717, 1.165) is 18.2 Å². The van der Waals surface area contributed by atoms with Gasteiger partial charge in [-0.3, -0.25) is 9.59 Å². The van der Waals surface area contributed by atoms with Crippen LogP contribution in [0.15, 0.2) is 47.4 Å². The highest BCUT2D eigenvalue weighted by Gasteiger charge is 2.34. The zero-order valence-electron chi connectivity index (χ0n) is 11.7. The second-order valence-corrected chi connectivity index (χ2v) is 4.75. The number of aromatic amines is 1. The van der Waals surface area contributed by atoms with Crippen LogP contribution in [0.5, 0.6) is 0 Å². The largest absolute Gasteiger partial charge is 0.416 e. The van der Waals surface area contributed by atoms with Gasteiger partial charge in [-0.1, -0.05) is 18.2 Å². The summed E-state index contributed by atoms with van der Waals surface area (Å²) in [6, 6.07) is 7.02. The second kappa shape index (κ2) is 6.66. The number of aromatic nitrogens is 1. The van der Waals surface area contributed by atoms with Crippen molar-refractivity contribution in [3.8, 4) is 0 Å². The smallest absolute Gasteiger partial charge is 0.387 e. The Kier molecular flexibility index (Phi) is 4.85. The summed E-state index contributed by atoms with van der Waals surface area (Å²) < 4.78 is 38.6. The minimum absolute atomic E-state index is 0.126. The van der Waals surface area contributed by atoms with E-state index in [1.165, 1.54) is 24.4 Å². The molecule has 0 aliphatic heterocycles. The minimum atomic E-state index is -4.60. The topological polar surface area (TPSA) is 82.2 Å². The highest BCUT2D eigenvalue weighted by molar-refractivity contribution is 5.93. The van der Waals surface area contributed by atoms with E-state index in [2.05, 4.69) is 10.3 Å². The van der Waals surface area contributed by atoms with E-state index in [1.54, 1.807) is 0 Å². The first-order valence-electron chi connectivity index (χ1n) is 6.60. The van der Waals surface area contributed by atoms with Gasteiger partial charge in [0, 0.05) is 18.8 Å². The molecule has 122 valence electrons. The molecule has 0 saturated heterocycles. The number of aliphatic hydroxyl groups is 1. The van der Waals surface area contributed by atoms with Gasteiger partial charge < -0.3 is 15.4 Å². The molecule has 1 atom stereocenters. The molecular weight excluding hydrogens is 313 g/mol. The van der Waals surface area contributed by atoms with Crippen LogP contribution in [0.4, 0.5) is 13.2 Å².